The molecule has 0 bridgehead atoms. The van der Waals surface area contributed by atoms with Crippen LogP contribution in [0.2, 0.25) is 0 Å². The first-order chi connectivity index (χ1) is 32.0. The van der Waals surface area contributed by atoms with Crippen LogP contribution in [-0.2, 0) is 37.3 Å². The maximum atomic E-state index is 7.03. The molecule has 4 heterocycles. The van der Waals surface area contributed by atoms with E-state index in [9.17, 15) is 0 Å². The first-order valence-corrected chi connectivity index (χ1v) is 24.8. The van der Waals surface area contributed by atoms with Gasteiger partial charge in [-0.1, -0.05) is 164 Å². The van der Waals surface area contributed by atoms with Crippen LogP contribution in [0.15, 0.2) is 121 Å². The normalized spacial score (nSPS) is 17.8. The predicted octanol–water partition coefficient (Wildman–Crippen LogP) is 17.8. The van der Waals surface area contributed by atoms with E-state index in [0.29, 0.717) is 38.4 Å². The van der Waals surface area contributed by atoms with Crippen molar-refractivity contribution in [2.45, 2.75) is 138 Å². The van der Waals surface area contributed by atoms with Gasteiger partial charge < -0.3 is 9.30 Å². The van der Waals surface area contributed by atoms with Crippen LogP contribution in [0.25, 0.3) is 38.8 Å². The predicted molar refractivity (Wildman–Crippen MR) is 287 cm³/mol. The first kappa shape index (κ1) is 48.7. The summed E-state index contributed by atoms with van der Waals surface area (Å²) < 4.78 is 10.5. The zero-order valence-electron chi connectivity index (χ0n) is 43.4. The van der Waals surface area contributed by atoms with Crippen molar-refractivity contribution in [3.05, 3.63) is 174 Å². The number of pyridine rings is 1. The molecule has 0 radical (unpaired) electrons. The minimum absolute atomic E-state index is 0. The minimum atomic E-state index is -0.149. The Hall–Kier alpha value is -5.32. The first-order valence-electron chi connectivity index (χ1n) is 24.8. The Labute approximate surface area is 426 Å². The Bertz CT molecular complexity index is 3270. The van der Waals surface area contributed by atoms with Gasteiger partial charge in [-0.2, -0.15) is 10.7 Å². The van der Waals surface area contributed by atoms with Gasteiger partial charge in [-0.15, -0.1) is 35.2 Å². The molecule has 1 saturated heterocycles. The maximum Gasteiger partial charge on any atom is 0.225 e. The third kappa shape index (κ3) is 7.92. The molecule has 1 unspecified atom stereocenters. The van der Waals surface area contributed by atoms with Crippen LogP contribution in [0.3, 0.4) is 0 Å². The van der Waals surface area contributed by atoms with E-state index in [0.717, 1.165) is 27.9 Å². The van der Waals surface area contributed by atoms with Crippen molar-refractivity contribution < 1.29 is 25.8 Å². The van der Waals surface area contributed by atoms with E-state index in [4.69, 9.17) is 9.72 Å². The van der Waals surface area contributed by atoms with Gasteiger partial charge in [-0.3, -0.25) is 0 Å². The number of hydrogen-bond acceptors (Lipinski definition) is 2. The number of ether oxygens (including phenoxy) is 1. The van der Waals surface area contributed by atoms with Crippen LogP contribution in [0, 0.1) is 18.8 Å². The molecule has 69 heavy (non-hydrogen) atoms. The zero-order chi connectivity index (χ0) is 48.5. The van der Waals surface area contributed by atoms with Crippen molar-refractivity contribution in [1.82, 2.24) is 18.7 Å². The van der Waals surface area contributed by atoms with Crippen molar-refractivity contribution in [1.29, 1.82) is 0 Å². The zero-order valence-corrected chi connectivity index (χ0v) is 45.6. The van der Waals surface area contributed by atoms with Crippen molar-refractivity contribution >= 4 is 44.6 Å². The molecule has 358 valence electrons. The maximum absolute atomic E-state index is 7.03. The van der Waals surface area contributed by atoms with E-state index < -0.39 is 0 Å². The molecule has 2 aliphatic rings. The average Bonchev–Trinajstić information content (AvgIpc) is 3.78. The van der Waals surface area contributed by atoms with Crippen LogP contribution in [0.5, 0.6) is 11.5 Å². The number of hydrogen-bond donors (Lipinski definition) is 0. The SMILES string of the molecule is CC(C)c1cc(C(C)C)c(-c2ccnc(-n3c4[c-]c(Oc5[c-]c([N+]67[CH-][N@+]6(c6cccc(C(C)(C)C)c6)c6ccccc67)cc(C(C)(C)C)c5)ccc4c4cc(C(C)(C)C)ccc43)c2)c(C(C)C)c1.[Pt]. The van der Waals surface area contributed by atoms with Gasteiger partial charge in [0.1, 0.15) is 5.82 Å². The Morgan fingerprint density at radius 3 is 1.83 bits per heavy atom. The summed E-state index contributed by atoms with van der Waals surface area (Å²) in [5, 5.41) is 2.28. The van der Waals surface area contributed by atoms with E-state index in [1.165, 1.54) is 67.0 Å². The Morgan fingerprint density at radius 2 is 1.20 bits per heavy atom. The third-order valence-electron chi connectivity index (χ3n) is 14.7. The summed E-state index contributed by atoms with van der Waals surface area (Å²) in [4.78, 5) is 5.14. The van der Waals surface area contributed by atoms with E-state index in [1.807, 2.05) is 6.20 Å². The number of fused-ring (bicyclic) bond motifs is 7. The van der Waals surface area contributed by atoms with E-state index in [2.05, 4.69) is 242 Å². The Morgan fingerprint density at radius 1 is 0.565 bits per heavy atom. The molecular weight excluding hydrogens is 1020 g/mol. The van der Waals surface area contributed by atoms with Gasteiger partial charge in [-0.25, -0.2) is 9.58 Å². The summed E-state index contributed by atoms with van der Waals surface area (Å²) in [6.07, 6.45) is 1.98. The summed E-state index contributed by atoms with van der Waals surface area (Å²) >= 11 is 0. The molecule has 1 fully saturated rings. The molecule has 0 amide bonds. The van der Waals surface area contributed by atoms with Gasteiger partial charge in [0.2, 0.25) is 11.4 Å². The summed E-state index contributed by atoms with van der Waals surface area (Å²) in [6, 6.07) is 50.7. The number of nitrogens with zero attached hydrogens (tertiary/aromatic N) is 4. The smallest absolute Gasteiger partial charge is 0.225 e. The van der Waals surface area contributed by atoms with E-state index in [-0.39, 0.29) is 37.3 Å². The molecule has 5 nitrogen and oxygen atoms in total. The van der Waals surface area contributed by atoms with Crippen molar-refractivity contribution in [2.75, 3.05) is 0 Å². The largest absolute Gasteiger partial charge is 0.509 e. The Kier molecular flexibility index (Phi) is 11.9. The monoisotopic (exact) mass is 1090 g/mol. The fourth-order valence-electron chi connectivity index (χ4n) is 10.6. The molecule has 0 spiro atoms. The average molecular weight is 1090 g/mol. The van der Waals surface area contributed by atoms with Crippen molar-refractivity contribution in [3.63, 3.8) is 0 Å². The van der Waals surface area contributed by atoms with Gasteiger partial charge in [0.25, 0.3) is 0 Å². The van der Waals surface area contributed by atoms with Gasteiger partial charge in [0.05, 0.1) is 5.69 Å². The molecule has 10 rings (SSSR count). The van der Waals surface area contributed by atoms with Crippen LogP contribution >= 0.6 is 0 Å². The van der Waals surface area contributed by atoms with Crippen molar-refractivity contribution in [2.24, 2.45) is 0 Å². The second-order valence-corrected chi connectivity index (χ2v) is 23.6. The molecular formula is C63H69N4OPt-. The van der Waals surface area contributed by atoms with Crippen LogP contribution in [0.1, 0.15) is 155 Å². The van der Waals surface area contributed by atoms with Gasteiger partial charge in [0, 0.05) is 68.5 Å². The van der Waals surface area contributed by atoms with Crippen molar-refractivity contribution in [3.8, 4) is 28.4 Å². The quantitative estimate of drug-likeness (QED) is 0.0818. The van der Waals surface area contributed by atoms with Crippen LogP contribution in [0.4, 0.5) is 22.7 Å². The third-order valence-corrected chi connectivity index (χ3v) is 14.7. The number of rotatable bonds is 9. The summed E-state index contributed by atoms with van der Waals surface area (Å²) in [5.74, 6) is 3.32. The molecule has 2 aromatic heterocycles. The number of aromatic nitrogens is 2. The fourth-order valence-corrected chi connectivity index (χ4v) is 10.6. The second kappa shape index (κ2) is 16.9. The van der Waals surface area contributed by atoms with E-state index >= 15 is 0 Å². The molecule has 6 heteroatoms. The number of benzene rings is 6. The molecule has 2 atom stereocenters. The molecule has 2 aliphatic heterocycles. The minimum Gasteiger partial charge on any atom is -0.509 e. The van der Waals surface area contributed by atoms with Gasteiger partial charge >= 0.3 is 0 Å². The molecule has 6 aromatic carbocycles. The number of quaternary nitrogens is 2. The summed E-state index contributed by atoms with van der Waals surface area (Å²) in [6.45, 7) is 36.8. The number of para-hydroxylation sites is 2. The van der Waals surface area contributed by atoms with Gasteiger partial charge in [-0.05, 0) is 96.5 Å². The van der Waals surface area contributed by atoms with Crippen LogP contribution < -0.4 is 13.9 Å². The van der Waals surface area contributed by atoms with Gasteiger partial charge in [0.15, 0.2) is 12.4 Å². The van der Waals surface area contributed by atoms with E-state index in [1.54, 1.807) is 0 Å². The fraction of sp³-hybridized carbons (Fsp3) is 0.333. The Balaban J connectivity index is 0.00000593. The topological polar surface area (TPSA) is 27.1 Å². The molecule has 0 N–H and O–H groups in total. The standard InChI is InChI=1S/C63H69N4O.Pt/c1-39(2)43-29-52(40(3)4)60(53(30-43)41(5)6)42-27-28-64-59(31-42)65-55-26-23-45(62(10,11)12)35-54(55)51-25-24-49(37-56(51)65)68-50-34-46(63(13,14)15)33-48(36-50)67-38-66(67,57-21-16-17-22-58(57)67)47-20-18-19-44(32-47)61(7,8)9;/h16-35,38-41H,1-15H3;/q-1;/t66-,67?;/m0./s1. The summed E-state index contributed by atoms with van der Waals surface area (Å²) in [5.41, 5.74) is 17.2. The summed E-state index contributed by atoms with van der Waals surface area (Å²) in [7, 11) is 0. The molecule has 0 saturated carbocycles. The second-order valence-electron chi connectivity index (χ2n) is 23.6. The van der Waals surface area contributed by atoms with Crippen LogP contribution in [-0.4, -0.2) is 9.55 Å². The molecule has 8 aromatic rings. The molecule has 0 aliphatic carbocycles.